The van der Waals surface area contributed by atoms with Crippen molar-refractivity contribution in [3.05, 3.63) is 24.1 Å². The summed E-state index contributed by atoms with van der Waals surface area (Å²) in [5.41, 5.74) is 0. The van der Waals surface area contributed by atoms with Crippen LogP contribution in [0.3, 0.4) is 0 Å². The summed E-state index contributed by atoms with van der Waals surface area (Å²) in [5.74, 6) is 0.602. The summed E-state index contributed by atoms with van der Waals surface area (Å²) in [6, 6.07) is 5.11. The molecule has 0 aromatic carbocycles. The second-order valence-corrected chi connectivity index (χ2v) is 5.21. The van der Waals surface area contributed by atoms with E-state index in [0.717, 1.165) is 5.82 Å². The fraction of sp³-hybridized carbons (Fsp3) is 0.615. The minimum absolute atomic E-state index is 0.271. The van der Waals surface area contributed by atoms with Crippen molar-refractivity contribution in [3.8, 4) is 0 Å². The van der Waals surface area contributed by atoms with Crippen LogP contribution in [0.1, 0.15) is 25.7 Å². The monoisotopic (exact) mass is 235 g/mol. The predicted molar refractivity (Wildman–Crippen MR) is 65.6 cm³/mol. The van der Waals surface area contributed by atoms with Crippen LogP contribution in [0.4, 0.5) is 10.2 Å². The molecule has 2 atom stereocenters. The Balaban J connectivity index is 1.73. The van der Waals surface area contributed by atoms with Crippen LogP contribution in [0.25, 0.3) is 0 Å². The van der Waals surface area contributed by atoms with Crippen molar-refractivity contribution in [2.45, 2.75) is 43.8 Å². The highest BCUT2D eigenvalue weighted by atomic mass is 19.1. The second-order valence-electron chi connectivity index (χ2n) is 5.21. The van der Waals surface area contributed by atoms with Crippen LogP contribution in [0.5, 0.6) is 0 Å². The van der Waals surface area contributed by atoms with Crippen molar-refractivity contribution < 1.29 is 4.39 Å². The Labute approximate surface area is 101 Å². The molecule has 2 bridgehead atoms. The molecule has 0 spiro atoms. The highest BCUT2D eigenvalue weighted by Crippen LogP contribution is 2.30. The fourth-order valence-electron chi connectivity index (χ4n) is 3.11. The molecule has 4 heteroatoms. The average Bonchev–Trinajstić information content (AvgIpc) is 2.68. The van der Waals surface area contributed by atoms with Crippen LogP contribution in [0, 0.1) is 5.82 Å². The topological polar surface area (TPSA) is 28.2 Å². The zero-order chi connectivity index (χ0) is 11.8. The molecule has 2 fully saturated rings. The number of hydrogen-bond acceptors (Lipinski definition) is 3. The number of nitrogens with zero attached hydrogens (tertiary/aromatic N) is 2. The van der Waals surface area contributed by atoms with Crippen molar-refractivity contribution in [1.29, 1.82) is 0 Å². The van der Waals surface area contributed by atoms with Gasteiger partial charge in [0.1, 0.15) is 11.6 Å². The molecular weight excluding hydrogens is 217 g/mol. The summed E-state index contributed by atoms with van der Waals surface area (Å²) in [6.45, 7) is 0. The summed E-state index contributed by atoms with van der Waals surface area (Å²) < 4.78 is 12.8. The number of pyridine rings is 1. The quantitative estimate of drug-likeness (QED) is 0.849. The van der Waals surface area contributed by atoms with E-state index in [1.54, 1.807) is 6.07 Å². The van der Waals surface area contributed by atoms with E-state index in [4.69, 9.17) is 0 Å². The summed E-state index contributed by atoms with van der Waals surface area (Å²) >= 11 is 0. The van der Waals surface area contributed by atoms with Gasteiger partial charge < -0.3 is 10.2 Å². The molecule has 3 nitrogen and oxygen atoms in total. The van der Waals surface area contributed by atoms with Gasteiger partial charge in [0.15, 0.2) is 0 Å². The van der Waals surface area contributed by atoms with Crippen LogP contribution in [0.2, 0.25) is 0 Å². The van der Waals surface area contributed by atoms with Gasteiger partial charge in [0.2, 0.25) is 0 Å². The van der Waals surface area contributed by atoms with Crippen molar-refractivity contribution in [1.82, 2.24) is 10.3 Å². The van der Waals surface area contributed by atoms with Crippen molar-refractivity contribution in [3.63, 3.8) is 0 Å². The van der Waals surface area contributed by atoms with Gasteiger partial charge in [-0.25, -0.2) is 9.37 Å². The Morgan fingerprint density at radius 1 is 1.29 bits per heavy atom. The van der Waals surface area contributed by atoms with Crippen LogP contribution < -0.4 is 10.2 Å². The third-order valence-corrected chi connectivity index (χ3v) is 4.07. The van der Waals surface area contributed by atoms with E-state index in [0.29, 0.717) is 18.1 Å². The highest BCUT2D eigenvalue weighted by Gasteiger charge is 2.35. The Kier molecular flexibility index (Phi) is 2.74. The van der Waals surface area contributed by atoms with E-state index in [2.05, 4.69) is 22.2 Å². The smallest absolute Gasteiger partial charge is 0.141 e. The van der Waals surface area contributed by atoms with E-state index in [1.807, 2.05) is 0 Å². The van der Waals surface area contributed by atoms with E-state index >= 15 is 0 Å². The summed E-state index contributed by atoms with van der Waals surface area (Å²) in [6.07, 6.45) is 6.23. The molecular formula is C13H18FN3. The molecule has 1 N–H and O–H groups in total. The molecule has 3 rings (SSSR count). The minimum atomic E-state index is -0.271. The lowest BCUT2D eigenvalue weighted by Crippen LogP contribution is -2.47. The number of aromatic nitrogens is 1. The van der Waals surface area contributed by atoms with Gasteiger partial charge in [0.05, 0.1) is 6.20 Å². The van der Waals surface area contributed by atoms with Gasteiger partial charge in [-0.15, -0.1) is 0 Å². The van der Waals surface area contributed by atoms with Gasteiger partial charge in [-0.3, -0.25) is 0 Å². The molecule has 0 radical (unpaired) electrons. The molecule has 0 aliphatic carbocycles. The van der Waals surface area contributed by atoms with Gasteiger partial charge in [-0.05, 0) is 37.8 Å². The SMILES string of the molecule is CN(c1ccc(F)cn1)C1CC2CCC(C1)N2. The summed E-state index contributed by atoms with van der Waals surface area (Å²) in [7, 11) is 2.07. The predicted octanol–water partition coefficient (Wildman–Crippen LogP) is 1.94. The molecule has 2 aliphatic rings. The van der Waals surface area contributed by atoms with Crippen molar-refractivity contribution >= 4 is 5.82 Å². The standard InChI is InChI=1S/C13H18FN3/c1-17(13-5-2-9(14)8-15-13)12-6-10-3-4-11(7-12)16-10/h2,5,8,10-12,16H,3-4,6-7H2,1H3. The maximum absolute atomic E-state index is 12.8. The Morgan fingerprint density at radius 2 is 2.00 bits per heavy atom. The number of piperidine rings is 1. The first-order chi connectivity index (χ1) is 8.22. The number of fused-ring (bicyclic) bond motifs is 2. The number of nitrogens with one attached hydrogen (secondary N) is 1. The normalized spacial score (nSPS) is 31.5. The second kappa shape index (κ2) is 4.26. The first-order valence-electron chi connectivity index (χ1n) is 6.33. The number of hydrogen-bond donors (Lipinski definition) is 1. The molecule has 0 amide bonds. The van der Waals surface area contributed by atoms with Crippen LogP contribution in [0.15, 0.2) is 18.3 Å². The molecule has 3 heterocycles. The van der Waals surface area contributed by atoms with E-state index < -0.39 is 0 Å². The fourth-order valence-corrected chi connectivity index (χ4v) is 3.11. The molecule has 1 aromatic rings. The van der Waals surface area contributed by atoms with Crippen LogP contribution in [-0.2, 0) is 0 Å². The van der Waals surface area contributed by atoms with Crippen LogP contribution in [-0.4, -0.2) is 30.2 Å². The summed E-state index contributed by atoms with van der Waals surface area (Å²) in [5, 5.41) is 3.63. The number of anilines is 1. The molecule has 1 aromatic heterocycles. The zero-order valence-corrected chi connectivity index (χ0v) is 10.1. The molecule has 17 heavy (non-hydrogen) atoms. The highest BCUT2D eigenvalue weighted by molar-refractivity contribution is 5.38. The lowest BCUT2D eigenvalue weighted by atomic mass is 9.98. The third-order valence-electron chi connectivity index (χ3n) is 4.07. The largest absolute Gasteiger partial charge is 0.357 e. The van der Waals surface area contributed by atoms with Gasteiger partial charge in [0, 0.05) is 25.2 Å². The first kappa shape index (κ1) is 11.0. The number of rotatable bonds is 2. The number of halogens is 1. The van der Waals surface area contributed by atoms with Gasteiger partial charge in [-0.1, -0.05) is 0 Å². The molecule has 92 valence electrons. The van der Waals surface area contributed by atoms with E-state index in [9.17, 15) is 4.39 Å². The molecule has 0 saturated carbocycles. The molecule has 2 aliphatic heterocycles. The van der Waals surface area contributed by atoms with E-state index in [1.165, 1.54) is 37.9 Å². The van der Waals surface area contributed by atoms with Crippen molar-refractivity contribution in [2.24, 2.45) is 0 Å². The maximum atomic E-state index is 12.8. The van der Waals surface area contributed by atoms with E-state index in [-0.39, 0.29) is 5.82 Å². The third kappa shape index (κ3) is 2.14. The Morgan fingerprint density at radius 3 is 2.59 bits per heavy atom. The molecule has 2 unspecified atom stereocenters. The van der Waals surface area contributed by atoms with Crippen LogP contribution >= 0.6 is 0 Å². The van der Waals surface area contributed by atoms with Gasteiger partial charge in [0.25, 0.3) is 0 Å². The lowest BCUT2D eigenvalue weighted by Gasteiger charge is -2.36. The zero-order valence-electron chi connectivity index (χ0n) is 10.1. The average molecular weight is 235 g/mol. The minimum Gasteiger partial charge on any atom is -0.357 e. The van der Waals surface area contributed by atoms with Crippen molar-refractivity contribution in [2.75, 3.05) is 11.9 Å². The van der Waals surface area contributed by atoms with Gasteiger partial charge >= 0.3 is 0 Å². The summed E-state index contributed by atoms with van der Waals surface area (Å²) in [4.78, 5) is 6.35. The first-order valence-corrected chi connectivity index (χ1v) is 6.33. The lowest BCUT2D eigenvalue weighted by molar-refractivity contribution is 0.353. The maximum Gasteiger partial charge on any atom is 0.141 e. The Hall–Kier alpha value is -1.16. The van der Waals surface area contributed by atoms with Gasteiger partial charge in [-0.2, -0.15) is 0 Å². The molecule has 2 saturated heterocycles. The Bertz CT molecular complexity index is 380.